The number of carbonyl (C=O) groups is 1. The topological polar surface area (TPSA) is 46.3 Å². The van der Waals surface area contributed by atoms with Gasteiger partial charge in [-0.05, 0) is 38.4 Å². The fourth-order valence-electron chi connectivity index (χ4n) is 1.93. The van der Waals surface area contributed by atoms with Gasteiger partial charge in [0.25, 0.3) is 0 Å². The number of halogens is 1. The van der Waals surface area contributed by atoms with Crippen LogP contribution >= 0.6 is 0 Å². The number of nitrogens with zero attached hydrogens (tertiary/aromatic N) is 1. The molecule has 0 fully saturated rings. The summed E-state index contributed by atoms with van der Waals surface area (Å²) in [6.45, 7) is 4.75. The van der Waals surface area contributed by atoms with Gasteiger partial charge in [-0.3, -0.25) is 4.79 Å². The highest BCUT2D eigenvalue weighted by molar-refractivity contribution is 5.94. The molecule has 0 spiro atoms. The molecule has 100 valence electrons. The van der Waals surface area contributed by atoms with E-state index in [-0.39, 0.29) is 17.6 Å². The minimum atomic E-state index is -0.362. The van der Waals surface area contributed by atoms with Crippen molar-refractivity contribution in [2.45, 2.75) is 26.7 Å². The maximum absolute atomic E-state index is 13.7. The lowest BCUT2D eigenvalue weighted by Crippen LogP contribution is -2.35. The summed E-state index contributed by atoms with van der Waals surface area (Å²) in [6.07, 6.45) is 1.54. The van der Waals surface area contributed by atoms with E-state index < -0.39 is 0 Å². The van der Waals surface area contributed by atoms with Gasteiger partial charge in [0.2, 0.25) is 5.91 Å². The summed E-state index contributed by atoms with van der Waals surface area (Å²) in [7, 11) is 0. The van der Waals surface area contributed by atoms with Gasteiger partial charge in [0, 0.05) is 12.5 Å². The number of benzene rings is 1. The molecule has 2 N–H and O–H groups in total. The minimum Gasteiger partial charge on any atom is -0.330 e. The van der Waals surface area contributed by atoms with Crippen molar-refractivity contribution in [1.29, 1.82) is 0 Å². The second-order valence-electron chi connectivity index (χ2n) is 4.37. The Morgan fingerprint density at radius 3 is 2.67 bits per heavy atom. The van der Waals surface area contributed by atoms with Crippen molar-refractivity contribution >= 4 is 11.6 Å². The van der Waals surface area contributed by atoms with Crippen LogP contribution in [0.1, 0.15) is 26.7 Å². The van der Waals surface area contributed by atoms with Gasteiger partial charge in [-0.1, -0.05) is 19.1 Å². The lowest BCUT2D eigenvalue weighted by molar-refractivity contribution is -0.122. The van der Waals surface area contributed by atoms with Crippen molar-refractivity contribution in [3.63, 3.8) is 0 Å². The Balaban J connectivity index is 2.83. The Labute approximate surface area is 108 Å². The van der Waals surface area contributed by atoms with Gasteiger partial charge >= 0.3 is 0 Å². The molecular weight excluding hydrogens is 231 g/mol. The summed E-state index contributed by atoms with van der Waals surface area (Å²) in [5.74, 6) is -0.539. The highest BCUT2D eigenvalue weighted by atomic mass is 19.1. The summed E-state index contributed by atoms with van der Waals surface area (Å²) >= 11 is 0. The third-order valence-electron chi connectivity index (χ3n) is 2.99. The molecule has 0 radical (unpaired) electrons. The quantitative estimate of drug-likeness (QED) is 0.845. The maximum Gasteiger partial charge on any atom is 0.229 e. The predicted molar refractivity (Wildman–Crippen MR) is 71.9 cm³/mol. The zero-order valence-corrected chi connectivity index (χ0v) is 11.0. The van der Waals surface area contributed by atoms with E-state index in [1.807, 2.05) is 13.8 Å². The van der Waals surface area contributed by atoms with Gasteiger partial charge in [-0.25, -0.2) is 4.39 Å². The first-order chi connectivity index (χ1) is 8.61. The average molecular weight is 252 g/mol. The third-order valence-corrected chi connectivity index (χ3v) is 2.99. The first-order valence-corrected chi connectivity index (χ1v) is 6.37. The zero-order chi connectivity index (χ0) is 13.5. The third kappa shape index (κ3) is 3.53. The first kappa shape index (κ1) is 14.6. The van der Waals surface area contributed by atoms with Crippen molar-refractivity contribution in [3.8, 4) is 0 Å². The molecule has 0 saturated carbocycles. The van der Waals surface area contributed by atoms with Crippen LogP contribution in [0.3, 0.4) is 0 Å². The summed E-state index contributed by atoms with van der Waals surface area (Å²) in [4.78, 5) is 13.7. The Kier molecular flexibility index (Phi) is 5.78. The number of anilines is 1. The molecule has 3 nitrogen and oxygen atoms in total. The fraction of sp³-hybridized carbons (Fsp3) is 0.500. The molecule has 0 heterocycles. The van der Waals surface area contributed by atoms with Crippen LogP contribution in [-0.2, 0) is 4.79 Å². The normalized spacial score (nSPS) is 12.2. The van der Waals surface area contributed by atoms with Gasteiger partial charge in [-0.2, -0.15) is 0 Å². The molecule has 1 aromatic carbocycles. The first-order valence-electron chi connectivity index (χ1n) is 6.37. The second-order valence-corrected chi connectivity index (χ2v) is 4.37. The van der Waals surface area contributed by atoms with Gasteiger partial charge in [-0.15, -0.1) is 0 Å². The molecule has 0 aliphatic carbocycles. The second kappa shape index (κ2) is 7.11. The van der Waals surface area contributed by atoms with E-state index in [0.29, 0.717) is 18.8 Å². The lowest BCUT2D eigenvalue weighted by atomic mass is 10.0. The number of nitrogens with two attached hydrogens (primary N) is 1. The molecule has 18 heavy (non-hydrogen) atoms. The molecule has 4 heteroatoms. The summed E-state index contributed by atoms with van der Waals surface area (Å²) in [5.41, 5.74) is 5.79. The zero-order valence-electron chi connectivity index (χ0n) is 11.0. The molecule has 0 aromatic heterocycles. The van der Waals surface area contributed by atoms with Gasteiger partial charge in [0.15, 0.2) is 0 Å². The lowest BCUT2D eigenvalue weighted by Gasteiger charge is -2.24. The molecule has 1 aromatic rings. The van der Waals surface area contributed by atoms with Crippen molar-refractivity contribution in [3.05, 3.63) is 30.1 Å². The molecule has 0 aliphatic heterocycles. The summed E-state index contributed by atoms with van der Waals surface area (Å²) < 4.78 is 13.7. The van der Waals surface area contributed by atoms with Crippen molar-refractivity contribution in [1.82, 2.24) is 0 Å². The van der Waals surface area contributed by atoms with Crippen LogP contribution in [0.2, 0.25) is 0 Å². The molecule has 1 amide bonds. The van der Waals surface area contributed by atoms with Gasteiger partial charge in [0.05, 0.1) is 5.69 Å². The van der Waals surface area contributed by atoms with Crippen LogP contribution in [0.15, 0.2) is 24.3 Å². The summed E-state index contributed by atoms with van der Waals surface area (Å²) in [5, 5.41) is 0. The Hall–Kier alpha value is -1.42. The molecule has 0 bridgehead atoms. The monoisotopic (exact) mass is 252 g/mol. The van der Waals surface area contributed by atoms with Crippen LogP contribution in [0, 0.1) is 11.7 Å². The molecule has 0 aliphatic rings. The Morgan fingerprint density at radius 1 is 1.44 bits per heavy atom. The molecule has 1 unspecified atom stereocenters. The number of para-hydroxylation sites is 1. The van der Waals surface area contributed by atoms with E-state index in [9.17, 15) is 9.18 Å². The molecule has 1 rings (SSSR count). The Morgan fingerprint density at radius 2 is 2.11 bits per heavy atom. The molecular formula is C14H21FN2O. The minimum absolute atomic E-state index is 0.0453. The van der Waals surface area contributed by atoms with Crippen LogP contribution < -0.4 is 10.6 Å². The predicted octanol–water partition coefficient (Wildman–Crippen LogP) is 2.55. The van der Waals surface area contributed by atoms with E-state index >= 15 is 0 Å². The largest absolute Gasteiger partial charge is 0.330 e. The van der Waals surface area contributed by atoms with Gasteiger partial charge < -0.3 is 10.6 Å². The molecule has 0 saturated heterocycles. The van der Waals surface area contributed by atoms with Crippen molar-refractivity contribution in [2.75, 3.05) is 18.0 Å². The molecule has 1 atom stereocenters. The van der Waals surface area contributed by atoms with E-state index in [4.69, 9.17) is 5.73 Å². The van der Waals surface area contributed by atoms with Crippen molar-refractivity contribution in [2.24, 2.45) is 11.7 Å². The average Bonchev–Trinajstić information content (AvgIpc) is 2.38. The van der Waals surface area contributed by atoms with Crippen LogP contribution in [0.4, 0.5) is 10.1 Å². The number of amides is 1. The van der Waals surface area contributed by atoms with E-state index in [2.05, 4.69) is 0 Å². The Bertz CT molecular complexity index is 395. The highest BCUT2D eigenvalue weighted by Crippen LogP contribution is 2.21. The van der Waals surface area contributed by atoms with Crippen LogP contribution in [0.25, 0.3) is 0 Å². The highest BCUT2D eigenvalue weighted by Gasteiger charge is 2.22. The van der Waals surface area contributed by atoms with E-state index in [1.54, 1.807) is 18.2 Å². The van der Waals surface area contributed by atoms with E-state index in [1.165, 1.54) is 11.0 Å². The van der Waals surface area contributed by atoms with Crippen molar-refractivity contribution < 1.29 is 9.18 Å². The van der Waals surface area contributed by atoms with Crippen LogP contribution in [-0.4, -0.2) is 19.0 Å². The maximum atomic E-state index is 13.7. The smallest absolute Gasteiger partial charge is 0.229 e. The number of hydrogen-bond acceptors (Lipinski definition) is 2. The standard InChI is InChI=1S/C14H21FN2O/c1-3-17(13-9-5-4-8-12(13)15)14(18)11(2)7-6-10-16/h4-5,8-9,11H,3,6-7,10,16H2,1-2H3. The van der Waals surface area contributed by atoms with E-state index in [0.717, 1.165) is 12.8 Å². The van der Waals surface area contributed by atoms with Gasteiger partial charge in [0.1, 0.15) is 5.82 Å². The van der Waals surface area contributed by atoms with Crippen LogP contribution in [0.5, 0.6) is 0 Å². The summed E-state index contributed by atoms with van der Waals surface area (Å²) in [6, 6.07) is 6.36. The number of hydrogen-bond donors (Lipinski definition) is 1. The number of carbonyl (C=O) groups excluding carboxylic acids is 1. The number of rotatable bonds is 6. The SMILES string of the molecule is CCN(C(=O)C(C)CCCN)c1ccccc1F. The fourth-order valence-corrected chi connectivity index (χ4v) is 1.93.